The standard InChI is InChI=1S/C53H70N4O8/c1-36(2)33-39(55-52(62)65-53(3,4)5)30-29-38(34-37-19-8-6-9-20-37)49(59)57-32-18-28-47(57)48(58)56-46(50(60)64-40-21-10-7-11-22-40)27-16-17-31-54-51(61)63-35-45-43-25-14-12-23-41(43)42-24-13-15-26-44(42)45/h6,8-9,12-15,19-20,23-26,29-30,36,38-40,45-47H,7,10-11,16-18,21-22,27-28,31-35H2,1-5H3,(H,54,61)(H,55,62)(H,56,58)/b30-29+/t38-,39-,46+,47+/m1/s1. The van der Waals surface area contributed by atoms with E-state index in [0.717, 1.165) is 59.9 Å². The SMILES string of the molecule is CC(C)C[C@@H](/C=C/[C@H](Cc1ccccc1)C(=O)N1CCC[C@H]1C(=O)N[C@@H](CCCCNC(=O)OCC1c2ccccc2-c2ccccc21)C(=O)OC1CCCCC1)NC(=O)OC(C)(C)C. The van der Waals surface area contributed by atoms with E-state index in [1.807, 2.05) is 87.5 Å². The van der Waals surface area contributed by atoms with Gasteiger partial charge in [0, 0.05) is 19.0 Å². The van der Waals surface area contributed by atoms with Crippen LogP contribution in [0.25, 0.3) is 11.1 Å². The fourth-order valence-electron chi connectivity index (χ4n) is 9.30. The number of amides is 4. The predicted molar refractivity (Wildman–Crippen MR) is 252 cm³/mol. The van der Waals surface area contributed by atoms with Crippen LogP contribution in [0.1, 0.15) is 128 Å². The predicted octanol–water partition coefficient (Wildman–Crippen LogP) is 9.40. The molecule has 12 nitrogen and oxygen atoms in total. The van der Waals surface area contributed by atoms with Crippen molar-refractivity contribution in [3.05, 3.63) is 108 Å². The topological polar surface area (TPSA) is 152 Å². The first kappa shape index (κ1) is 48.8. The summed E-state index contributed by atoms with van der Waals surface area (Å²) < 4.78 is 17.2. The number of esters is 1. The number of likely N-dealkylation sites (tertiary alicyclic amines) is 1. The molecule has 12 heteroatoms. The Bertz CT molecular complexity index is 2050. The molecule has 1 saturated heterocycles. The largest absolute Gasteiger partial charge is 0.461 e. The van der Waals surface area contributed by atoms with Crippen molar-refractivity contribution in [3.63, 3.8) is 0 Å². The summed E-state index contributed by atoms with van der Waals surface area (Å²) in [5.41, 5.74) is 4.91. The van der Waals surface area contributed by atoms with Gasteiger partial charge >= 0.3 is 18.2 Å². The molecule has 3 aromatic rings. The average Bonchev–Trinajstić information content (AvgIpc) is 3.90. The van der Waals surface area contributed by atoms with Crippen molar-refractivity contribution in [1.82, 2.24) is 20.9 Å². The summed E-state index contributed by atoms with van der Waals surface area (Å²) in [6.45, 7) is 10.5. The molecule has 0 bridgehead atoms. The molecular formula is C53H70N4O8. The summed E-state index contributed by atoms with van der Waals surface area (Å²) in [4.78, 5) is 69.9. The van der Waals surface area contributed by atoms with E-state index >= 15 is 0 Å². The fourth-order valence-corrected chi connectivity index (χ4v) is 9.30. The summed E-state index contributed by atoms with van der Waals surface area (Å²) in [6, 6.07) is 24.1. The Balaban J connectivity index is 1.07. The van der Waals surface area contributed by atoms with E-state index in [9.17, 15) is 24.0 Å². The first-order chi connectivity index (χ1) is 31.3. The van der Waals surface area contributed by atoms with Crippen molar-refractivity contribution >= 4 is 30.0 Å². The van der Waals surface area contributed by atoms with E-state index in [4.69, 9.17) is 14.2 Å². The fraction of sp³-hybridized carbons (Fsp3) is 0.528. The second-order valence-electron chi connectivity index (χ2n) is 19.3. The van der Waals surface area contributed by atoms with Crippen molar-refractivity contribution < 1.29 is 38.2 Å². The Labute approximate surface area is 385 Å². The number of carbonyl (C=O) groups excluding carboxylic acids is 5. The smallest absolute Gasteiger partial charge is 0.408 e. The number of ether oxygens (including phenoxy) is 3. The zero-order valence-electron chi connectivity index (χ0n) is 39.0. The lowest BCUT2D eigenvalue weighted by Gasteiger charge is -2.30. The molecule has 6 rings (SSSR count). The van der Waals surface area contributed by atoms with Crippen LogP contribution in [0.3, 0.4) is 0 Å². The van der Waals surface area contributed by atoms with Crippen molar-refractivity contribution in [3.8, 4) is 11.1 Å². The molecule has 1 heterocycles. The first-order valence-electron chi connectivity index (χ1n) is 23.9. The third-order valence-corrected chi connectivity index (χ3v) is 12.4. The molecule has 3 aliphatic rings. The summed E-state index contributed by atoms with van der Waals surface area (Å²) >= 11 is 0. The highest BCUT2D eigenvalue weighted by atomic mass is 16.6. The van der Waals surface area contributed by atoms with Gasteiger partial charge in [0.25, 0.3) is 0 Å². The highest BCUT2D eigenvalue weighted by Gasteiger charge is 2.39. The van der Waals surface area contributed by atoms with E-state index < -0.39 is 41.8 Å². The Hall–Kier alpha value is -5.65. The van der Waals surface area contributed by atoms with Gasteiger partial charge in [0.05, 0.1) is 12.0 Å². The number of unbranched alkanes of at least 4 members (excludes halogenated alkanes) is 1. The normalized spacial score (nSPS) is 17.8. The Morgan fingerprint density at radius 1 is 0.769 bits per heavy atom. The average molecular weight is 891 g/mol. The van der Waals surface area contributed by atoms with E-state index in [1.54, 1.807) is 4.90 Å². The molecule has 2 fully saturated rings. The number of benzene rings is 3. The van der Waals surface area contributed by atoms with Crippen LogP contribution in [-0.2, 0) is 35.0 Å². The molecule has 1 saturated carbocycles. The van der Waals surface area contributed by atoms with Gasteiger partial charge in [-0.3, -0.25) is 9.59 Å². The molecule has 1 aliphatic heterocycles. The van der Waals surface area contributed by atoms with Crippen LogP contribution < -0.4 is 16.0 Å². The van der Waals surface area contributed by atoms with Gasteiger partial charge in [-0.15, -0.1) is 0 Å². The number of nitrogens with zero attached hydrogens (tertiary/aromatic N) is 1. The van der Waals surface area contributed by atoms with Crippen molar-refractivity contribution in [2.24, 2.45) is 11.8 Å². The maximum Gasteiger partial charge on any atom is 0.408 e. The molecule has 65 heavy (non-hydrogen) atoms. The highest BCUT2D eigenvalue weighted by Crippen LogP contribution is 2.44. The number of nitrogens with one attached hydrogen (secondary N) is 3. The zero-order valence-corrected chi connectivity index (χ0v) is 39.0. The Kier molecular flexibility index (Phi) is 17.6. The second-order valence-corrected chi connectivity index (χ2v) is 19.3. The van der Waals surface area contributed by atoms with Gasteiger partial charge in [-0.05, 0) is 125 Å². The van der Waals surface area contributed by atoms with Crippen LogP contribution in [0.15, 0.2) is 91.0 Å². The summed E-state index contributed by atoms with van der Waals surface area (Å²) in [7, 11) is 0. The molecular weight excluding hydrogens is 821 g/mol. The second kappa shape index (κ2) is 23.5. The molecule has 3 N–H and O–H groups in total. The zero-order chi connectivity index (χ0) is 46.3. The van der Waals surface area contributed by atoms with E-state index in [0.29, 0.717) is 58.0 Å². The highest BCUT2D eigenvalue weighted by molar-refractivity contribution is 5.92. The molecule has 0 radical (unpaired) electrons. The van der Waals surface area contributed by atoms with Crippen molar-refractivity contribution in [2.45, 2.75) is 147 Å². The maximum atomic E-state index is 14.6. The van der Waals surface area contributed by atoms with Crippen LogP contribution in [0, 0.1) is 11.8 Å². The number of carbonyl (C=O) groups is 5. The lowest BCUT2D eigenvalue weighted by Crippen LogP contribution is -2.52. The number of hydrogen-bond acceptors (Lipinski definition) is 8. The third-order valence-electron chi connectivity index (χ3n) is 12.4. The van der Waals surface area contributed by atoms with Crippen LogP contribution in [-0.4, -0.2) is 84.4 Å². The minimum atomic E-state index is -0.910. The molecule has 4 atom stereocenters. The molecule has 2 aliphatic carbocycles. The van der Waals surface area contributed by atoms with Gasteiger partial charge in [-0.1, -0.05) is 111 Å². The summed E-state index contributed by atoms with van der Waals surface area (Å²) in [5.74, 6) is -1.44. The minimum absolute atomic E-state index is 0.0415. The minimum Gasteiger partial charge on any atom is -0.461 e. The number of hydrogen-bond donors (Lipinski definition) is 3. The summed E-state index contributed by atoms with van der Waals surface area (Å²) in [5, 5.41) is 8.83. The lowest BCUT2D eigenvalue weighted by atomic mass is 9.94. The van der Waals surface area contributed by atoms with Gasteiger partial charge in [-0.2, -0.15) is 0 Å². The van der Waals surface area contributed by atoms with Gasteiger partial charge in [-0.25, -0.2) is 14.4 Å². The number of rotatable bonds is 19. The van der Waals surface area contributed by atoms with Crippen molar-refractivity contribution in [2.75, 3.05) is 19.7 Å². The van der Waals surface area contributed by atoms with Gasteiger partial charge in [0.1, 0.15) is 30.4 Å². The molecule has 350 valence electrons. The Morgan fingerprint density at radius 2 is 1.43 bits per heavy atom. The van der Waals surface area contributed by atoms with E-state index in [2.05, 4.69) is 54.1 Å². The molecule has 3 aromatic carbocycles. The monoisotopic (exact) mass is 891 g/mol. The van der Waals surface area contributed by atoms with Crippen molar-refractivity contribution in [1.29, 1.82) is 0 Å². The van der Waals surface area contributed by atoms with Gasteiger partial charge in [0.15, 0.2) is 0 Å². The first-order valence-corrected chi connectivity index (χ1v) is 23.9. The molecule has 0 unspecified atom stereocenters. The quantitative estimate of drug-likeness (QED) is 0.0466. The summed E-state index contributed by atoms with van der Waals surface area (Å²) in [6.07, 6.45) is 10.7. The van der Waals surface area contributed by atoms with Crippen LogP contribution >= 0.6 is 0 Å². The lowest BCUT2D eigenvalue weighted by molar-refractivity contribution is -0.155. The molecule has 0 spiro atoms. The third kappa shape index (κ3) is 14.4. The van der Waals surface area contributed by atoms with Gasteiger partial charge in [0.2, 0.25) is 11.8 Å². The number of fused-ring (bicyclic) bond motifs is 3. The number of alkyl carbamates (subject to hydrolysis) is 2. The van der Waals surface area contributed by atoms with Gasteiger partial charge < -0.3 is 35.1 Å². The van der Waals surface area contributed by atoms with Crippen LogP contribution in [0.2, 0.25) is 0 Å². The molecule has 0 aromatic heterocycles. The maximum absolute atomic E-state index is 14.6. The van der Waals surface area contributed by atoms with E-state index in [1.165, 1.54) is 0 Å². The molecule has 4 amide bonds. The van der Waals surface area contributed by atoms with Crippen LogP contribution in [0.4, 0.5) is 9.59 Å². The van der Waals surface area contributed by atoms with E-state index in [-0.39, 0.29) is 42.4 Å². The Morgan fingerprint density at radius 3 is 2.09 bits per heavy atom. The van der Waals surface area contributed by atoms with Crippen LogP contribution in [0.5, 0.6) is 0 Å².